The van der Waals surface area contributed by atoms with Crippen molar-refractivity contribution in [2.45, 2.75) is 31.9 Å². The first kappa shape index (κ1) is 14.2. The number of halogens is 3. The minimum Gasteiger partial charge on any atom is -0.298 e. The van der Waals surface area contributed by atoms with E-state index in [4.69, 9.17) is 0 Å². The number of hydrazine groups is 1. The molecule has 1 amide bonds. The maximum absolute atomic E-state index is 12.8. The Morgan fingerprint density at radius 2 is 1.90 bits per heavy atom. The van der Waals surface area contributed by atoms with Crippen LogP contribution in [0.3, 0.4) is 0 Å². The molecule has 2 bridgehead atoms. The van der Waals surface area contributed by atoms with Crippen LogP contribution in [0.5, 0.6) is 0 Å². The summed E-state index contributed by atoms with van der Waals surface area (Å²) in [5.41, 5.74) is 3.98. The fourth-order valence-corrected chi connectivity index (χ4v) is 3.63. The molecule has 0 aliphatic heterocycles. The van der Waals surface area contributed by atoms with Gasteiger partial charge in [0, 0.05) is 5.92 Å². The first-order chi connectivity index (χ1) is 9.95. The van der Waals surface area contributed by atoms with Crippen molar-refractivity contribution in [2.24, 2.45) is 17.8 Å². The first-order valence-corrected chi connectivity index (χ1v) is 7.17. The molecule has 2 saturated carbocycles. The van der Waals surface area contributed by atoms with E-state index in [1.807, 2.05) is 0 Å². The van der Waals surface area contributed by atoms with Crippen molar-refractivity contribution in [2.75, 3.05) is 5.43 Å². The van der Waals surface area contributed by atoms with E-state index in [9.17, 15) is 18.0 Å². The number of nitrogens with one attached hydrogen (secondary N) is 2. The van der Waals surface area contributed by atoms with Crippen molar-refractivity contribution in [1.82, 2.24) is 5.43 Å². The summed E-state index contributed by atoms with van der Waals surface area (Å²) in [7, 11) is 0. The predicted octanol–water partition coefficient (Wildman–Crippen LogP) is 3.58. The van der Waals surface area contributed by atoms with Gasteiger partial charge in [-0.05, 0) is 43.2 Å². The Bertz CT molecular complexity index is 544. The molecule has 0 heterocycles. The van der Waals surface area contributed by atoms with E-state index >= 15 is 0 Å². The molecular formula is C15H17F3N2O. The van der Waals surface area contributed by atoms with Gasteiger partial charge in [-0.15, -0.1) is 0 Å². The average molecular weight is 298 g/mol. The lowest BCUT2D eigenvalue weighted by Gasteiger charge is -2.22. The highest BCUT2D eigenvalue weighted by molar-refractivity contribution is 5.81. The van der Waals surface area contributed by atoms with Gasteiger partial charge in [-0.3, -0.25) is 15.6 Å². The molecule has 2 fully saturated rings. The van der Waals surface area contributed by atoms with Gasteiger partial charge in [0.2, 0.25) is 5.91 Å². The molecule has 0 spiro atoms. The molecule has 0 saturated heterocycles. The molecular weight excluding hydrogens is 281 g/mol. The highest BCUT2D eigenvalue weighted by Gasteiger charge is 2.43. The third kappa shape index (κ3) is 2.84. The Labute approximate surface area is 120 Å². The number of carbonyl (C=O) groups excluding carboxylic acids is 1. The number of alkyl halides is 3. The monoisotopic (exact) mass is 298 g/mol. The second-order valence-electron chi connectivity index (χ2n) is 5.94. The number of para-hydroxylation sites is 1. The summed E-state index contributed by atoms with van der Waals surface area (Å²) in [6, 6.07) is 5.13. The number of carbonyl (C=O) groups is 1. The summed E-state index contributed by atoms with van der Waals surface area (Å²) in [4.78, 5) is 12.1. The highest BCUT2D eigenvalue weighted by Crippen LogP contribution is 2.48. The molecule has 2 N–H and O–H groups in total. The van der Waals surface area contributed by atoms with Crippen LogP contribution in [-0.2, 0) is 11.0 Å². The van der Waals surface area contributed by atoms with Crippen molar-refractivity contribution < 1.29 is 18.0 Å². The van der Waals surface area contributed by atoms with Crippen molar-refractivity contribution in [3.05, 3.63) is 29.8 Å². The zero-order valence-electron chi connectivity index (χ0n) is 11.4. The number of hydrogen-bond acceptors (Lipinski definition) is 2. The second-order valence-corrected chi connectivity index (χ2v) is 5.94. The Kier molecular flexibility index (Phi) is 3.55. The van der Waals surface area contributed by atoms with E-state index in [2.05, 4.69) is 10.9 Å². The Hall–Kier alpha value is -1.72. The molecule has 3 nitrogen and oxygen atoms in total. The third-order valence-electron chi connectivity index (χ3n) is 4.63. The van der Waals surface area contributed by atoms with Crippen LogP contribution in [0.2, 0.25) is 0 Å². The van der Waals surface area contributed by atoms with Gasteiger partial charge in [-0.2, -0.15) is 13.2 Å². The third-order valence-corrected chi connectivity index (χ3v) is 4.63. The SMILES string of the molecule is O=C(NNc1ccccc1C(F)(F)F)[C@@H]1C[C@H]2CC[C@H]1C2. The van der Waals surface area contributed by atoms with Crippen molar-refractivity contribution in [3.63, 3.8) is 0 Å². The van der Waals surface area contributed by atoms with Gasteiger partial charge >= 0.3 is 6.18 Å². The van der Waals surface area contributed by atoms with Crippen molar-refractivity contribution in [3.8, 4) is 0 Å². The van der Waals surface area contributed by atoms with Crippen LogP contribution in [0, 0.1) is 17.8 Å². The number of benzene rings is 1. The molecule has 3 rings (SSSR count). The summed E-state index contributed by atoms with van der Waals surface area (Å²) < 4.78 is 38.5. The number of hydrogen-bond donors (Lipinski definition) is 2. The standard InChI is InChI=1S/C15H17F3N2O/c16-15(17,18)12-3-1-2-4-13(12)19-20-14(21)11-8-9-5-6-10(11)7-9/h1-4,9-11,19H,5-8H2,(H,20,21)/t9-,10-,11+/m0/s1. The lowest BCUT2D eigenvalue weighted by molar-refractivity contribution is -0.137. The smallest absolute Gasteiger partial charge is 0.298 e. The van der Waals surface area contributed by atoms with Crippen LogP contribution in [0.25, 0.3) is 0 Å². The van der Waals surface area contributed by atoms with Gasteiger partial charge in [0.15, 0.2) is 0 Å². The Morgan fingerprint density at radius 3 is 2.52 bits per heavy atom. The van der Waals surface area contributed by atoms with Gasteiger partial charge in [0.1, 0.15) is 0 Å². The molecule has 3 atom stereocenters. The lowest BCUT2D eigenvalue weighted by atomic mass is 9.88. The minimum absolute atomic E-state index is 0.0608. The van der Waals surface area contributed by atoms with E-state index in [0.29, 0.717) is 11.8 Å². The van der Waals surface area contributed by atoms with E-state index in [-0.39, 0.29) is 17.5 Å². The van der Waals surface area contributed by atoms with Crippen LogP contribution < -0.4 is 10.9 Å². The number of rotatable bonds is 3. The molecule has 0 aromatic heterocycles. The Morgan fingerprint density at radius 1 is 1.14 bits per heavy atom. The topological polar surface area (TPSA) is 41.1 Å². The van der Waals surface area contributed by atoms with Crippen LogP contribution in [0.4, 0.5) is 18.9 Å². The van der Waals surface area contributed by atoms with Gasteiger partial charge in [-0.1, -0.05) is 18.6 Å². The average Bonchev–Trinajstić information content (AvgIpc) is 3.06. The highest BCUT2D eigenvalue weighted by atomic mass is 19.4. The minimum atomic E-state index is -4.44. The lowest BCUT2D eigenvalue weighted by Crippen LogP contribution is -2.37. The van der Waals surface area contributed by atoms with Crippen LogP contribution in [-0.4, -0.2) is 5.91 Å². The summed E-state index contributed by atoms with van der Waals surface area (Å²) in [6.07, 6.45) is -0.266. The van der Waals surface area contributed by atoms with Gasteiger partial charge in [0.05, 0.1) is 11.3 Å². The maximum Gasteiger partial charge on any atom is 0.418 e. The predicted molar refractivity (Wildman–Crippen MR) is 72.1 cm³/mol. The molecule has 2 aliphatic rings. The summed E-state index contributed by atoms with van der Waals surface area (Å²) in [5.74, 6) is 0.761. The number of fused-ring (bicyclic) bond motifs is 2. The van der Waals surface area contributed by atoms with Crippen LogP contribution in [0.1, 0.15) is 31.2 Å². The first-order valence-electron chi connectivity index (χ1n) is 7.17. The number of anilines is 1. The summed E-state index contributed by atoms with van der Waals surface area (Å²) in [5, 5.41) is 0. The molecule has 1 aromatic carbocycles. The van der Waals surface area contributed by atoms with E-state index in [1.165, 1.54) is 24.6 Å². The normalized spacial score (nSPS) is 27.7. The Balaban J connectivity index is 1.64. The van der Waals surface area contributed by atoms with E-state index in [1.54, 1.807) is 0 Å². The molecule has 0 unspecified atom stereocenters. The summed E-state index contributed by atoms with van der Waals surface area (Å²) in [6.45, 7) is 0. The van der Waals surface area contributed by atoms with Gasteiger partial charge < -0.3 is 0 Å². The molecule has 114 valence electrons. The quantitative estimate of drug-likeness (QED) is 0.837. The number of amides is 1. The molecule has 2 aliphatic carbocycles. The zero-order valence-corrected chi connectivity index (χ0v) is 11.4. The molecule has 0 radical (unpaired) electrons. The van der Waals surface area contributed by atoms with Gasteiger partial charge in [-0.25, -0.2) is 0 Å². The molecule has 1 aromatic rings. The van der Waals surface area contributed by atoms with Crippen LogP contribution >= 0.6 is 0 Å². The van der Waals surface area contributed by atoms with E-state index < -0.39 is 11.7 Å². The molecule has 6 heteroatoms. The zero-order chi connectivity index (χ0) is 15.0. The second kappa shape index (κ2) is 5.24. The van der Waals surface area contributed by atoms with Crippen molar-refractivity contribution in [1.29, 1.82) is 0 Å². The van der Waals surface area contributed by atoms with Crippen LogP contribution in [0.15, 0.2) is 24.3 Å². The maximum atomic E-state index is 12.8. The van der Waals surface area contributed by atoms with Crippen molar-refractivity contribution >= 4 is 11.6 Å². The van der Waals surface area contributed by atoms with E-state index in [0.717, 1.165) is 25.3 Å². The molecule has 21 heavy (non-hydrogen) atoms. The van der Waals surface area contributed by atoms with Gasteiger partial charge in [0.25, 0.3) is 0 Å². The fourth-order valence-electron chi connectivity index (χ4n) is 3.63. The fraction of sp³-hybridized carbons (Fsp3) is 0.533. The summed E-state index contributed by atoms with van der Waals surface area (Å²) >= 11 is 0. The largest absolute Gasteiger partial charge is 0.418 e.